The molecule has 0 aromatic carbocycles. The van der Waals surface area contributed by atoms with Crippen LogP contribution in [0.3, 0.4) is 0 Å². The molecule has 0 fully saturated rings. The summed E-state index contributed by atoms with van der Waals surface area (Å²) in [6.45, 7) is 5.15. The summed E-state index contributed by atoms with van der Waals surface area (Å²) in [5.41, 5.74) is 0.660. The molecule has 0 spiro atoms. The molecule has 0 aromatic rings. The molecule has 0 amide bonds. The molecule has 8 heavy (non-hydrogen) atoms. The van der Waals surface area contributed by atoms with E-state index in [9.17, 15) is 4.79 Å². The van der Waals surface area contributed by atoms with Gasteiger partial charge in [0, 0.05) is 0 Å². The molecule has 0 atom stereocenters. The standard InChI is InChI=1S/C4H5O.2ClH.Zr/c1-4(2)3-5;;;/h1H2,2H3;2*1H;. The molecule has 0 heterocycles. The zero-order chi connectivity index (χ0) is 5.15. The minimum Gasteiger partial charge on any atom is -0.147 e. The minimum absolute atomic E-state index is 0. The quantitative estimate of drug-likeness (QED) is 0.627. The van der Waals surface area contributed by atoms with Crippen molar-refractivity contribution in [2.45, 2.75) is 6.92 Å². The molecule has 4 heteroatoms. The molecule has 0 rings (SSSR count). The van der Waals surface area contributed by atoms with E-state index in [1.807, 2.05) is 0 Å². The van der Waals surface area contributed by atoms with Crippen LogP contribution in [0.25, 0.3) is 0 Å². The maximum atomic E-state index is 10.1. The zero-order valence-corrected chi connectivity index (χ0v) is 8.52. The van der Waals surface area contributed by atoms with Crippen LogP contribution in [0.2, 0.25) is 0 Å². The van der Waals surface area contributed by atoms with E-state index in [1.54, 1.807) is 6.92 Å². The maximum Gasteiger partial charge on any atom is -0.147 e. The average molecular weight is 233 g/mol. The average Bonchev–Trinajstić information content (AvgIpc) is 1.36. The Bertz CT molecular complexity index is 80.0. The SMILES string of the molecule is C=C(C)[C](=O)[Zr].Cl.Cl. The molecule has 0 saturated heterocycles. The van der Waals surface area contributed by atoms with E-state index in [-0.39, 0.29) is 28.3 Å². The summed E-state index contributed by atoms with van der Waals surface area (Å²) in [4.78, 5) is 10.1. The summed E-state index contributed by atoms with van der Waals surface area (Å²) in [7, 11) is 0. The first-order valence-corrected chi connectivity index (χ1v) is 2.79. The Morgan fingerprint density at radius 2 is 1.62 bits per heavy atom. The normalized spacial score (nSPS) is 5.50. The molecular weight excluding hydrogens is 226 g/mol. The third kappa shape index (κ3) is 9.98. The second-order valence-electron chi connectivity index (χ2n) is 1.11. The fourth-order valence-corrected chi connectivity index (χ4v) is 0. The summed E-state index contributed by atoms with van der Waals surface area (Å²) < 4.78 is 0.155. The number of carbonyl (C=O) groups is 1. The Morgan fingerprint density at radius 3 is 1.62 bits per heavy atom. The molecule has 0 aliphatic heterocycles. The van der Waals surface area contributed by atoms with Crippen LogP contribution >= 0.6 is 24.8 Å². The Morgan fingerprint density at radius 1 is 1.50 bits per heavy atom. The second kappa shape index (κ2) is 7.87. The van der Waals surface area contributed by atoms with Crippen LogP contribution in [0, 0.1) is 0 Å². The van der Waals surface area contributed by atoms with Gasteiger partial charge < -0.3 is 0 Å². The molecule has 0 aliphatic rings. The molecule has 0 N–H and O–H groups in total. The van der Waals surface area contributed by atoms with Crippen molar-refractivity contribution >= 4 is 28.3 Å². The number of carbonyl (C=O) groups excluding carboxylic acids is 1. The smallest absolute Gasteiger partial charge is 0.147 e. The van der Waals surface area contributed by atoms with E-state index in [4.69, 9.17) is 0 Å². The largest absolute Gasteiger partial charge is 0.147 e. The van der Waals surface area contributed by atoms with E-state index < -0.39 is 0 Å². The van der Waals surface area contributed by atoms with E-state index in [2.05, 4.69) is 6.58 Å². The van der Waals surface area contributed by atoms with Crippen molar-refractivity contribution < 1.29 is 29.5 Å². The minimum atomic E-state index is 0. The van der Waals surface area contributed by atoms with Crippen molar-refractivity contribution in [3.63, 3.8) is 0 Å². The predicted octanol–water partition coefficient (Wildman–Crippen LogP) is 1.48. The van der Waals surface area contributed by atoms with Gasteiger partial charge in [0.1, 0.15) is 0 Å². The fraction of sp³-hybridized carbons (Fsp3) is 0.250. The van der Waals surface area contributed by atoms with Crippen LogP contribution in [0.5, 0.6) is 0 Å². The first-order valence-electron chi connectivity index (χ1n) is 1.56. The number of hydrogen-bond acceptors (Lipinski definition) is 1. The molecular formula is C4H7Cl2OZr. The summed E-state index contributed by atoms with van der Waals surface area (Å²) in [5, 5.41) is 0. The zero-order valence-electron chi connectivity index (χ0n) is 4.43. The van der Waals surface area contributed by atoms with Gasteiger partial charge in [-0.3, -0.25) is 0 Å². The van der Waals surface area contributed by atoms with Crippen molar-refractivity contribution in [3.05, 3.63) is 12.2 Å². The van der Waals surface area contributed by atoms with Gasteiger partial charge in [0.2, 0.25) is 0 Å². The van der Waals surface area contributed by atoms with Crippen LogP contribution in [0.4, 0.5) is 0 Å². The maximum absolute atomic E-state index is 10.1. The first kappa shape index (κ1) is 15.9. The summed E-state index contributed by atoms with van der Waals surface area (Å²) in [6.07, 6.45) is 0. The topological polar surface area (TPSA) is 17.1 Å². The van der Waals surface area contributed by atoms with Gasteiger partial charge in [-0.1, -0.05) is 0 Å². The Hall–Kier alpha value is 0.873. The molecule has 0 aliphatic carbocycles. The number of halogens is 2. The van der Waals surface area contributed by atoms with E-state index in [1.165, 1.54) is 0 Å². The van der Waals surface area contributed by atoms with E-state index >= 15 is 0 Å². The summed E-state index contributed by atoms with van der Waals surface area (Å²) >= 11 is 0.927. The molecule has 0 bridgehead atoms. The molecule has 0 saturated carbocycles. The van der Waals surface area contributed by atoms with Crippen molar-refractivity contribution in [3.8, 4) is 0 Å². The Kier molecular flexibility index (Phi) is 15.7. The van der Waals surface area contributed by atoms with Gasteiger partial charge in [0.05, 0.1) is 0 Å². The van der Waals surface area contributed by atoms with E-state index in [0.717, 1.165) is 24.7 Å². The van der Waals surface area contributed by atoms with Gasteiger partial charge >= 0.3 is 52.1 Å². The van der Waals surface area contributed by atoms with Gasteiger partial charge in [-0.2, -0.15) is 0 Å². The molecule has 1 nitrogen and oxygen atoms in total. The van der Waals surface area contributed by atoms with Gasteiger partial charge in [-0.25, -0.2) is 0 Å². The molecule has 0 aromatic heterocycles. The van der Waals surface area contributed by atoms with Crippen LogP contribution in [-0.2, 0) is 29.5 Å². The predicted molar refractivity (Wildman–Crippen MR) is 34.3 cm³/mol. The van der Waals surface area contributed by atoms with Gasteiger partial charge in [0.15, 0.2) is 0 Å². The third-order valence-corrected chi connectivity index (χ3v) is 1.44. The van der Waals surface area contributed by atoms with Crippen molar-refractivity contribution in [2.75, 3.05) is 0 Å². The fourth-order valence-electron chi connectivity index (χ4n) is 0. The van der Waals surface area contributed by atoms with Crippen LogP contribution < -0.4 is 0 Å². The monoisotopic (exact) mass is 231 g/mol. The van der Waals surface area contributed by atoms with Crippen molar-refractivity contribution in [1.29, 1.82) is 0 Å². The third-order valence-electron chi connectivity index (χ3n) is 0.388. The molecule has 47 valence electrons. The second-order valence-corrected chi connectivity index (χ2v) is 2.23. The van der Waals surface area contributed by atoms with Crippen LogP contribution in [0.1, 0.15) is 6.92 Å². The summed E-state index contributed by atoms with van der Waals surface area (Å²) in [5.74, 6) is 0. The van der Waals surface area contributed by atoms with Crippen molar-refractivity contribution in [1.82, 2.24) is 0 Å². The first-order chi connectivity index (χ1) is 2.64. The number of hydrogen-bond donors (Lipinski definition) is 0. The number of rotatable bonds is 1. The number of allylic oxidation sites excluding steroid dienone is 1. The van der Waals surface area contributed by atoms with Crippen LogP contribution in [-0.4, -0.2) is 3.49 Å². The Labute approximate surface area is 76.6 Å². The summed E-state index contributed by atoms with van der Waals surface area (Å²) in [6, 6.07) is 0. The van der Waals surface area contributed by atoms with Gasteiger partial charge in [-0.15, -0.1) is 24.8 Å². The van der Waals surface area contributed by atoms with Crippen molar-refractivity contribution in [2.24, 2.45) is 0 Å². The van der Waals surface area contributed by atoms with Gasteiger partial charge in [0.25, 0.3) is 0 Å². The van der Waals surface area contributed by atoms with Crippen LogP contribution in [0.15, 0.2) is 12.2 Å². The molecule has 0 radical (unpaired) electrons. The van der Waals surface area contributed by atoms with E-state index in [0.29, 0.717) is 5.57 Å². The van der Waals surface area contributed by atoms with Gasteiger partial charge in [-0.05, 0) is 0 Å². The molecule has 0 unspecified atom stereocenters. The Balaban J connectivity index is -0.000000125.